The molecule has 3 aromatic carbocycles. The van der Waals surface area contributed by atoms with Crippen molar-refractivity contribution in [1.29, 1.82) is 0 Å². The van der Waals surface area contributed by atoms with Crippen molar-refractivity contribution in [3.8, 4) is 0 Å². The molecule has 3 aromatic rings. The Kier molecular flexibility index (Phi) is 6.95. The molecule has 0 radical (unpaired) electrons. The quantitative estimate of drug-likeness (QED) is 0.318. The van der Waals surface area contributed by atoms with Crippen LogP contribution in [0.4, 0.5) is 11.4 Å². The van der Waals surface area contributed by atoms with Crippen molar-refractivity contribution in [2.24, 2.45) is 0 Å². The van der Waals surface area contributed by atoms with Crippen LogP contribution in [0.3, 0.4) is 0 Å². The molecule has 0 amide bonds. The second-order valence-electron chi connectivity index (χ2n) is 6.99. The first-order chi connectivity index (χ1) is 13.6. The summed E-state index contributed by atoms with van der Waals surface area (Å²) in [5, 5.41) is 0. The molecular weight excluding hydrogens is 510 g/mol. The first-order valence-electron chi connectivity index (χ1n) is 9.40. The van der Waals surface area contributed by atoms with Gasteiger partial charge in [-0.3, -0.25) is 0 Å². The topological polar surface area (TPSA) is 3.24 Å². The van der Waals surface area contributed by atoms with Gasteiger partial charge in [0.15, 0.2) is 0 Å². The third-order valence-corrected chi connectivity index (χ3v) is 5.16. The zero-order valence-electron chi connectivity index (χ0n) is 16.6. The molecule has 0 unspecified atom stereocenters. The van der Waals surface area contributed by atoms with E-state index in [2.05, 4.69) is 121 Å². The van der Waals surface area contributed by atoms with E-state index in [1.54, 1.807) is 0 Å². The Morgan fingerprint density at radius 1 is 0.750 bits per heavy atom. The number of nitrogens with zero attached hydrogens (tertiary/aromatic N) is 1. The number of hydrogen-bond donors (Lipinski definition) is 0. The molecule has 0 aliphatic heterocycles. The SMILES string of the molecule is Cc1ccc(C(C=C[CH]=[W])=CN(c2ccc(C)cc2)c2cccc(C)c2)cc1. The van der Waals surface area contributed by atoms with Gasteiger partial charge in [0.25, 0.3) is 0 Å². The monoisotopic (exact) mass is 535 g/mol. The van der Waals surface area contributed by atoms with Gasteiger partial charge in [-0.2, -0.15) is 0 Å². The minimum atomic E-state index is 1.15. The summed E-state index contributed by atoms with van der Waals surface area (Å²) in [5.74, 6) is 0. The number of hydrogen-bond acceptors (Lipinski definition) is 1. The molecule has 1 nitrogen and oxygen atoms in total. The summed E-state index contributed by atoms with van der Waals surface area (Å²) in [7, 11) is 0. The van der Waals surface area contributed by atoms with Gasteiger partial charge in [0.1, 0.15) is 0 Å². The van der Waals surface area contributed by atoms with Gasteiger partial charge in [0, 0.05) is 0 Å². The van der Waals surface area contributed by atoms with Crippen LogP contribution < -0.4 is 4.90 Å². The molecule has 0 aliphatic carbocycles. The van der Waals surface area contributed by atoms with Crippen LogP contribution in [0.15, 0.2) is 91.1 Å². The minimum absolute atomic E-state index is 1.15. The molecule has 0 N–H and O–H groups in total. The van der Waals surface area contributed by atoms with E-state index < -0.39 is 0 Å². The van der Waals surface area contributed by atoms with Crippen molar-refractivity contribution >= 4 is 21.3 Å². The van der Waals surface area contributed by atoms with E-state index in [1.165, 1.54) is 47.2 Å². The van der Waals surface area contributed by atoms with Crippen LogP contribution in [0.25, 0.3) is 5.57 Å². The Labute approximate surface area is 179 Å². The average molecular weight is 535 g/mol. The normalized spacial score (nSPS) is 11.6. The fourth-order valence-corrected chi connectivity index (χ4v) is 3.31. The van der Waals surface area contributed by atoms with Crippen LogP contribution in [0.1, 0.15) is 22.3 Å². The summed E-state index contributed by atoms with van der Waals surface area (Å²) in [6.07, 6.45) is 6.55. The molecule has 0 saturated heterocycles. The van der Waals surface area contributed by atoms with E-state index in [9.17, 15) is 0 Å². The van der Waals surface area contributed by atoms with Crippen LogP contribution >= 0.6 is 0 Å². The predicted octanol–water partition coefficient (Wildman–Crippen LogP) is 6.70. The Morgan fingerprint density at radius 3 is 2.00 bits per heavy atom. The Bertz CT molecular complexity index is 995. The van der Waals surface area contributed by atoms with E-state index >= 15 is 0 Å². The third-order valence-electron chi connectivity index (χ3n) is 4.60. The van der Waals surface area contributed by atoms with Gasteiger partial charge in [-0.1, -0.05) is 0 Å². The number of rotatable bonds is 6. The van der Waals surface area contributed by atoms with Gasteiger partial charge in [-0.05, 0) is 0 Å². The molecule has 0 atom stereocenters. The third kappa shape index (κ3) is 5.27. The standard InChI is InChI=1S/C26H25N.W/c1-5-7-24(23-14-10-20(2)11-15-23)19-27(25-16-12-21(3)13-17-25)26-9-6-8-22(4)18-26;/h1,5-19H,2-4H3;. The molecule has 0 aromatic heterocycles. The summed E-state index contributed by atoms with van der Waals surface area (Å²) in [4.78, 5) is 2.27. The van der Waals surface area contributed by atoms with Gasteiger partial charge in [0.05, 0.1) is 0 Å². The molecule has 0 spiro atoms. The van der Waals surface area contributed by atoms with Crippen molar-refractivity contribution in [3.05, 3.63) is 113 Å². The van der Waals surface area contributed by atoms with Crippen molar-refractivity contribution in [3.63, 3.8) is 0 Å². The zero-order valence-corrected chi connectivity index (χ0v) is 19.5. The second kappa shape index (κ2) is 9.62. The molecule has 0 saturated carbocycles. The van der Waals surface area contributed by atoms with E-state index in [1.807, 2.05) is 0 Å². The summed E-state index contributed by atoms with van der Waals surface area (Å²) in [6, 6.07) is 26.0. The summed E-state index contributed by atoms with van der Waals surface area (Å²) in [5.41, 5.74) is 8.49. The first kappa shape index (κ1) is 20.2. The van der Waals surface area contributed by atoms with Crippen LogP contribution in [0.2, 0.25) is 0 Å². The van der Waals surface area contributed by atoms with Gasteiger partial charge in [-0.15, -0.1) is 0 Å². The van der Waals surface area contributed by atoms with E-state index in [-0.39, 0.29) is 0 Å². The van der Waals surface area contributed by atoms with E-state index in [0.717, 1.165) is 11.4 Å². The Balaban J connectivity index is 2.15. The van der Waals surface area contributed by atoms with Crippen molar-refractivity contribution < 1.29 is 19.4 Å². The van der Waals surface area contributed by atoms with E-state index in [0.29, 0.717) is 0 Å². The molecule has 2 heteroatoms. The van der Waals surface area contributed by atoms with E-state index in [4.69, 9.17) is 0 Å². The average Bonchev–Trinajstić information content (AvgIpc) is 2.70. The molecule has 28 heavy (non-hydrogen) atoms. The predicted molar refractivity (Wildman–Crippen MR) is 119 cm³/mol. The van der Waals surface area contributed by atoms with Crippen molar-refractivity contribution in [2.45, 2.75) is 20.8 Å². The van der Waals surface area contributed by atoms with Crippen LogP contribution in [-0.2, 0) is 19.4 Å². The molecule has 0 aliphatic rings. The van der Waals surface area contributed by atoms with Gasteiger partial charge < -0.3 is 0 Å². The van der Waals surface area contributed by atoms with Crippen LogP contribution in [-0.4, -0.2) is 4.40 Å². The Hall–Kier alpha value is -2.50. The molecule has 0 fully saturated rings. The number of allylic oxidation sites excluding steroid dienone is 3. The number of anilines is 2. The van der Waals surface area contributed by atoms with Crippen LogP contribution in [0.5, 0.6) is 0 Å². The van der Waals surface area contributed by atoms with Crippen molar-refractivity contribution in [2.75, 3.05) is 4.90 Å². The molecule has 0 heterocycles. The summed E-state index contributed by atoms with van der Waals surface area (Å²) >= 11 is 1.45. The fourth-order valence-electron chi connectivity index (χ4n) is 3.02. The summed E-state index contributed by atoms with van der Waals surface area (Å²) < 4.78 is 2.14. The molecule has 140 valence electrons. The van der Waals surface area contributed by atoms with Gasteiger partial charge >= 0.3 is 180 Å². The molecule has 3 rings (SSSR count). The molecule has 0 bridgehead atoms. The Morgan fingerprint density at radius 2 is 1.39 bits per heavy atom. The fraction of sp³-hybridized carbons (Fsp3) is 0.115. The number of benzene rings is 3. The molecular formula is C26H25NW. The summed E-state index contributed by atoms with van der Waals surface area (Å²) in [6.45, 7) is 6.38. The first-order valence-corrected chi connectivity index (χ1v) is 11.1. The second-order valence-corrected chi connectivity index (χ2v) is 7.97. The van der Waals surface area contributed by atoms with Gasteiger partial charge in [0.2, 0.25) is 0 Å². The van der Waals surface area contributed by atoms with Crippen LogP contribution in [0, 0.1) is 20.8 Å². The maximum absolute atomic E-state index is 2.27. The number of aryl methyl sites for hydroxylation is 3. The van der Waals surface area contributed by atoms with Crippen molar-refractivity contribution in [1.82, 2.24) is 0 Å². The maximum atomic E-state index is 2.27. The van der Waals surface area contributed by atoms with Gasteiger partial charge in [-0.25, -0.2) is 0 Å². The zero-order chi connectivity index (χ0) is 19.9.